The molecule has 1 fully saturated rings. The number of hydrogen-bond donors (Lipinski definition) is 1. The van der Waals surface area contributed by atoms with Crippen molar-refractivity contribution in [3.8, 4) is 0 Å². The first kappa shape index (κ1) is 11.1. The Hall–Kier alpha value is -1.06. The van der Waals surface area contributed by atoms with Crippen molar-refractivity contribution in [3.05, 3.63) is 29.8 Å². The number of hydrogen-bond acceptors (Lipinski definition) is 3. The lowest BCUT2D eigenvalue weighted by atomic mass is 10.1. The van der Waals surface area contributed by atoms with Crippen LogP contribution in [0.15, 0.2) is 24.3 Å². The van der Waals surface area contributed by atoms with Crippen LogP contribution in [0.2, 0.25) is 0 Å². The monoisotopic (exact) mass is 231 g/mol. The summed E-state index contributed by atoms with van der Waals surface area (Å²) in [7, 11) is 2.23. The standard InChI is InChI=1S/C14H21N3/c1-16-13(11-17-8-6-15-7-9-17)10-12-4-2-3-5-14(12)16/h2-5,13,15H,6-11H2,1H3. The Kier molecular flexibility index (Phi) is 3.04. The van der Waals surface area contributed by atoms with Crippen molar-refractivity contribution in [2.24, 2.45) is 0 Å². The Morgan fingerprint density at radius 2 is 2.00 bits per heavy atom. The molecule has 0 radical (unpaired) electrons. The normalized spacial score (nSPS) is 25.0. The summed E-state index contributed by atoms with van der Waals surface area (Å²) < 4.78 is 0. The lowest BCUT2D eigenvalue weighted by Crippen LogP contribution is -2.48. The van der Waals surface area contributed by atoms with Crippen LogP contribution in [0, 0.1) is 0 Å². The number of rotatable bonds is 2. The maximum atomic E-state index is 3.41. The molecule has 0 saturated carbocycles. The average molecular weight is 231 g/mol. The molecule has 1 aromatic carbocycles. The van der Waals surface area contributed by atoms with Crippen molar-refractivity contribution >= 4 is 5.69 Å². The Morgan fingerprint density at radius 3 is 2.76 bits per heavy atom. The van der Waals surface area contributed by atoms with Crippen molar-refractivity contribution in [2.45, 2.75) is 12.5 Å². The van der Waals surface area contributed by atoms with Gasteiger partial charge in [-0.3, -0.25) is 4.90 Å². The van der Waals surface area contributed by atoms with Crippen LogP contribution in [0.25, 0.3) is 0 Å². The lowest BCUT2D eigenvalue weighted by Gasteiger charge is -2.32. The van der Waals surface area contributed by atoms with Crippen LogP contribution in [0.1, 0.15) is 5.56 Å². The molecule has 2 heterocycles. The largest absolute Gasteiger partial charge is 0.370 e. The predicted octanol–water partition coefficient (Wildman–Crippen LogP) is 0.953. The van der Waals surface area contributed by atoms with Crippen LogP contribution >= 0.6 is 0 Å². The van der Waals surface area contributed by atoms with E-state index in [0.29, 0.717) is 6.04 Å². The molecule has 92 valence electrons. The average Bonchev–Trinajstić information content (AvgIpc) is 2.68. The number of likely N-dealkylation sites (N-methyl/N-ethyl adjacent to an activating group) is 1. The summed E-state index contributed by atoms with van der Waals surface area (Å²) >= 11 is 0. The first-order chi connectivity index (χ1) is 8.34. The quantitative estimate of drug-likeness (QED) is 0.817. The third-order valence-electron chi connectivity index (χ3n) is 4.05. The van der Waals surface area contributed by atoms with Crippen LogP contribution in [0.3, 0.4) is 0 Å². The van der Waals surface area contributed by atoms with Gasteiger partial charge in [0.2, 0.25) is 0 Å². The fraction of sp³-hybridized carbons (Fsp3) is 0.571. The van der Waals surface area contributed by atoms with Crippen molar-refractivity contribution in [2.75, 3.05) is 44.7 Å². The first-order valence-electron chi connectivity index (χ1n) is 6.58. The van der Waals surface area contributed by atoms with E-state index in [2.05, 4.69) is 46.4 Å². The first-order valence-corrected chi connectivity index (χ1v) is 6.58. The van der Waals surface area contributed by atoms with Gasteiger partial charge in [0, 0.05) is 51.5 Å². The highest BCUT2D eigenvalue weighted by Crippen LogP contribution is 2.30. The smallest absolute Gasteiger partial charge is 0.0455 e. The molecule has 0 aromatic heterocycles. The van der Waals surface area contributed by atoms with E-state index in [-0.39, 0.29) is 0 Å². The van der Waals surface area contributed by atoms with Crippen molar-refractivity contribution in [1.29, 1.82) is 0 Å². The summed E-state index contributed by atoms with van der Waals surface area (Å²) in [6.45, 7) is 5.88. The van der Waals surface area contributed by atoms with Crippen LogP contribution in [-0.4, -0.2) is 50.7 Å². The van der Waals surface area contributed by atoms with E-state index in [4.69, 9.17) is 0 Å². The van der Waals surface area contributed by atoms with E-state index >= 15 is 0 Å². The fourth-order valence-electron chi connectivity index (χ4n) is 2.99. The van der Waals surface area contributed by atoms with Crippen LogP contribution in [-0.2, 0) is 6.42 Å². The Bertz CT molecular complexity index is 385. The van der Waals surface area contributed by atoms with Crippen molar-refractivity contribution in [3.63, 3.8) is 0 Å². The highest BCUT2D eigenvalue weighted by Gasteiger charge is 2.27. The van der Waals surface area contributed by atoms with Crippen LogP contribution in [0.5, 0.6) is 0 Å². The molecule has 1 N–H and O–H groups in total. The summed E-state index contributed by atoms with van der Waals surface area (Å²) in [5, 5.41) is 3.41. The second-order valence-electron chi connectivity index (χ2n) is 5.15. The molecule has 0 spiro atoms. The number of fused-ring (bicyclic) bond motifs is 1. The molecule has 1 atom stereocenters. The van der Waals surface area contributed by atoms with E-state index in [1.165, 1.54) is 37.3 Å². The van der Waals surface area contributed by atoms with Gasteiger partial charge in [0.1, 0.15) is 0 Å². The fourth-order valence-corrected chi connectivity index (χ4v) is 2.99. The Balaban J connectivity index is 1.67. The summed E-state index contributed by atoms with van der Waals surface area (Å²) in [6, 6.07) is 9.46. The highest BCUT2D eigenvalue weighted by molar-refractivity contribution is 5.58. The van der Waals surface area contributed by atoms with Crippen LogP contribution < -0.4 is 10.2 Å². The van der Waals surface area contributed by atoms with E-state index in [1.807, 2.05) is 0 Å². The summed E-state index contributed by atoms with van der Waals surface area (Å²) in [5.41, 5.74) is 2.93. The number of nitrogens with one attached hydrogen (secondary N) is 1. The molecule has 3 rings (SSSR count). The van der Waals surface area contributed by atoms with Crippen LogP contribution in [0.4, 0.5) is 5.69 Å². The Morgan fingerprint density at radius 1 is 1.24 bits per heavy atom. The zero-order valence-corrected chi connectivity index (χ0v) is 10.5. The molecule has 1 aromatic rings. The van der Waals surface area contributed by atoms with E-state index in [0.717, 1.165) is 13.1 Å². The maximum absolute atomic E-state index is 3.41. The summed E-state index contributed by atoms with van der Waals surface area (Å²) in [5.74, 6) is 0. The van der Waals surface area contributed by atoms with Gasteiger partial charge in [0.05, 0.1) is 0 Å². The van der Waals surface area contributed by atoms with Gasteiger partial charge >= 0.3 is 0 Å². The molecule has 17 heavy (non-hydrogen) atoms. The molecular formula is C14H21N3. The molecule has 2 aliphatic rings. The van der Waals surface area contributed by atoms with Crippen molar-refractivity contribution in [1.82, 2.24) is 10.2 Å². The van der Waals surface area contributed by atoms with E-state index in [9.17, 15) is 0 Å². The number of piperazine rings is 1. The number of nitrogens with zero attached hydrogens (tertiary/aromatic N) is 2. The van der Waals surface area contributed by atoms with Gasteiger partial charge in [-0.25, -0.2) is 0 Å². The zero-order valence-electron chi connectivity index (χ0n) is 10.5. The second kappa shape index (κ2) is 4.67. The van der Waals surface area contributed by atoms with Gasteiger partial charge in [-0.15, -0.1) is 0 Å². The van der Waals surface area contributed by atoms with Gasteiger partial charge < -0.3 is 10.2 Å². The Labute approximate surface area is 103 Å². The molecule has 0 bridgehead atoms. The maximum Gasteiger partial charge on any atom is 0.0455 e. The van der Waals surface area contributed by atoms with E-state index < -0.39 is 0 Å². The lowest BCUT2D eigenvalue weighted by molar-refractivity contribution is 0.227. The molecule has 0 amide bonds. The number of para-hydroxylation sites is 1. The van der Waals surface area contributed by atoms with Gasteiger partial charge in [-0.05, 0) is 18.1 Å². The third kappa shape index (κ3) is 2.17. The molecule has 3 heteroatoms. The number of benzene rings is 1. The third-order valence-corrected chi connectivity index (χ3v) is 4.05. The highest BCUT2D eigenvalue weighted by atomic mass is 15.2. The van der Waals surface area contributed by atoms with E-state index in [1.54, 1.807) is 0 Å². The summed E-state index contributed by atoms with van der Waals surface area (Å²) in [6.07, 6.45) is 1.20. The minimum absolute atomic E-state index is 0.658. The van der Waals surface area contributed by atoms with Gasteiger partial charge in [0.15, 0.2) is 0 Å². The van der Waals surface area contributed by atoms with Gasteiger partial charge in [0.25, 0.3) is 0 Å². The molecule has 2 aliphatic heterocycles. The SMILES string of the molecule is CN1c2ccccc2CC1CN1CCNCC1. The molecule has 3 nitrogen and oxygen atoms in total. The topological polar surface area (TPSA) is 18.5 Å². The minimum atomic E-state index is 0.658. The molecule has 1 unspecified atom stereocenters. The van der Waals surface area contributed by atoms with Crippen molar-refractivity contribution < 1.29 is 0 Å². The van der Waals surface area contributed by atoms with Gasteiger partial charge in [-0.1, -0.05) is 18.2 Å². The number of anilines is 1. The minimum Gasteiger partial charge on any atom is -0.370 e. The zero-order chi connectivity index (χ0) is 11.7. The molecule has 1 saturated heterocycles. The van der Waals surface area contributed by atoms with Gasteiger partial charge in [-0.2, -0.15) is 0 Å². The summed E-state index contributed by atoms with van der Waals surface area (Å²) in [4.78, 5) is 5.04. The predicted molar refractivity (Wildman–Crippen MR) is 71.6 cm³/mol. The molecular weight excluding hydrogens is 210 g/mol. The second-order valence-corrected chi connectivity index (χ2v) is 5.15. The molecule has 0 aliphatic carbocycles.